The summed E-state index contributed by atoms with van der Waals surface area (Å²) in [7, 11) is 1.54. The van der Waals surface area contributed by atoms with Crippen LogP contribution in [0.2, 0.25) is 5.02 Å². The first-order chi connectivity index (χ1) is 16.5. The van der Waals surface area contributed by atoms with Crippen molar-refractivity contribution in [3.63, 3.8) is 0 Å². The van der Waals surface area contributed by atoms with Crippen LogP contribution in [0.3, 0.4) is 0 Å². The number of oxazole rings is 1. The second-order valence-corrected chi connectivity index (χ2v) is 8.00. The molecule has 2 aromatic carbocycles. The Hall–Kier alpha value is -4.23. The fraction of sp³-hybridized carbons (Fsp3) is 0.0769. The zero-order chi connectivity index (χ0) is 23.8. The monoisotopic (exact) mass is 471 g/mol. The van der Waals surface area contributed by atoms with Crippen LogP contribution in [0.15, 0.2) is 77.5 Å². The van der Waals surface area contributed by atoms with Crippen LogP contribution in [0, 0.1) is 6.92 Å². The van der Waals surface area contributed by atoms with Gasteiger partial charge < -0.3 is 9.15 Å². The summed E-state index contributed by atoms with van der Waals surface area (Å²) in [4.78, 5) is 35.4. The number of benzene rings is 2. The molecule has 0 aliphatic rings. The van der Waals surface area contributed by atoms with Crippen LogP contribution in [0.1, 0.15) is 32.3 Å². The Kier molecular flexibility index (Phi) is 5.47. The summed E-state index contributed by atoms with van der Waals surface area (Å²) in [5, 5.41) is 1.08. The number of methoxy groups -OCH3 is 1. The molecule has 0 fully saturated rings. The van der Waals surface area contributed by atoms with E-state index in [1.54, 1.807) is 74.8 Å². The van der Waals surface area contributed by atoms with Crippen LogP contribution in [0.4, 0.5) is 0 Å². The molecule has 7 nitrogen and oxygen atoms in total. The first kappa shape index (κ1) is 21.6. The van der Waals surface area contributed by atoms with Gasteiger partial charge in [0.05, 0.1) is 24.4 Å². The molecule has 0 atom stereocenters. The van der Waals surface area contributed by atoms with Gasteiger partial charge >= 0.3 is 0 Å². The highest BCUT2D eigenvalue weighted by molar-refractivity contribution is 6.30. The van der Waals surface area contributed by atoms with Crippen molar-refractivity contribution in [2.75, 3.05) is 7.11 Å². The molecule has 0 bridgehead atoms. The Labute approximate surface area is 199 Å². The second kappa shape index (κ2) is 8.61. The van der Waals surface area contributed by atoms with E-state index in [0.717, 1.165) is 0 Å². The molecule has 3 aromatic heterocycles. The molecule has 0 spiro atoms. The van der Waals surface area contributed by atoms with Crippen molar-refractivity contribution in [1.82, 2.24) is 14.5 Å². The van der Waals surface area contributed by atoms with Gasteiger partial charge in [0.25, 0.3) is 11.8 Å². The third kappa shape index (κ3) is 3.66. The summed E-state index contributed by atoms with van der Waals surface area (Å²) in [5.41, 5.74) is 2.34. The molecule has 0 saturated heterocycles. The number of fused-ring (bicyclic) bond motifs is 1. The lowest BCUT2D eigenvalue weighted by Crippen LogP contribution is -2.14. The summed E-state index contributed by atoms with van der Waals surface area (Å²) in [5.74, 6) is 0.106. The van der Waals surface area contributed by atoms with Crippen molar-refractivity contribution >= 4 is 34.2 Å². The van der Waals surface area contributed by atoms with E-state index in [9.17, 15) is 9.59 Å². The van der Waals surface area contributed by atoms with Crippen molar-refractivity contribution < 1.29 is 18.7 Å². The average Bonchev–Trinajstić information content (AvgIpc) is 3.46. The second-order valence-electron chi connectivity index (χ2n) is 7.56. The summed E-state index contributed by atoms with van der Waals surface area (Å²) in [6.45, 7) is 1.72. The van der Waals surface area contributed by atoms with E-state index in [1.807, 2.05) is 6.07 Å². The van der Waals surface area contributed by atoms with E-state index in [1.165, 1.54) is 10.8 Å². The first-order valence-electron chi connectivity index (χ1n) is 10.4. The lowest BCUT2D eigenvalue weighted by Gasteiger charge is -2.08. The van der Waals surface area contributed by atoms with Gasteiger partial charge in [0.2, 0.25) is 5.78 Å². The third-order valence-electron chi connectivity index (χ3n) is 5.55. The molecule has 0 aliphatic carbocycles. The average molecular weight is 472 g/mol. The number of carbonyl (C=O) groups excluding carboxylic acids is 2. The van der Waals surface area contributed by atoms with Gasteiger partial charge in [0.15, 0.2) is 5.76 Å². The number of halogens is 1. The molecule has 0 unspecified atom stereocenters. The zero-order valence-electron chi connectivity index (χ0n) is 18.3. The normalized spacial score (nSPS) is 11.0. The predicted molar refractivity (Wildman–Crippen MR) is 128 cm³/mol. The molecule has 34 heavy (non-hydrogen) atoms. The minimum atomic E-state index is -0.444. The highest BCUT2D eigenvalue weighted by atomic mass is 35.5. The van der Waals surface area contributed by atoms with Gasteiger partial charge in [-0.05, 0) is 61.5 Å². The molecule has 0 radical (unpaired) electrons. The number of carbonyl (C=O) groups is 2. The number of ether oxygens (including phenoxy) is 1. The molecule has 168 valence electrons. The highest BCUT2D eigenvalue weighted by Crippen LogP contribution is 2.32. The maximum Gasteiger partial charge on any atom is 0.268 e. The molecule has 5 rings (SSSR count). The SMILES string of the molecule is COc1ccc2c(c1)c(C(=O)c1ncc(-c3ccccn3)o1)c(C)n2C(=O)c1ccc(Cl)cc1. The van der Waals surface area contributed by atoms with Crippen LogP contribution in [0.25, 0.3) is 22.4 Å². The van der Waals surface area contributed by atoms with E-state index in [4.69, 9.17) is 20.8 Å². The Bertz CT molecular complexity index is 1540. The predicted octanol–water partition coefficient (Wildman–Crippen LogP) is 5.58. The van der Waals surface area contributed by atoms with E-state index in [0.29, 0.717) is 50.0 Å². The largest absolute Gasteiger partial charge is 0.497 e. The van der Waals surface area contributed by atoms with E-state index >= 15 is 0 Å². The molecule has 0 N–H and O–H groups in total. The topological polar surface area (TPSA) is 87.2 Å². The summed E-state index contributed by atoms with van der Waals surface area (Å²) < 4.78 is 12.6. The van der Waals surface area contributed by atoms with Gasteiger partial charge in [-0.2, -0.15) is 0 Å². The zero-order valence-corrected chi connectivity index (χ0v) is 19.0. The maximum atomic E-state index is 13.6. The van der Waals surface area contributed by atoms with Crippen molar-refractivity contribution in [2.24, 2.45) is 0 Å². The van der Waals surface area contributed by atoms with Crippen molar-refractivity contribution in [3.05, 3.63) is 101 Å². The highest BCUT2D eigenvalue weighted by Gasteiger charge is 2.28. The number of hydrogen-bond acceptors (Lipinski definition) is 6. The quantitative estimate of drug-likeness (QED) is 0.311. The van der Waals surface area contributed by atoms with Gasteiger partial charge in [-0.25, -0.2) is 4.98 Å². The number of ketones is 1. The molecular weight excluding hydrogens is 454 g/mol. The van der Waals surface area contributed by atoms with Crippen LogP contribution < -0.4 is 4.74 Å². The third-order valence-corrected chi connectivity index (χ3v) is 5.80. The Balaban J connectivity index is 1.66. The van der Waals surface area contributed by atoms with Gasteiger partial charge in [0.1, 0.15) is 11.4 Å². The molecule has 8 heteroatoms. The van der Waals surface area contributed by atoms with Gasteiger partial charge in [-0.3, -0.25) is 19.1 Å². The Morgan fingerprint density at radius 1 is 1.03 bits per heavy atom. The van der Waals surface area contributed by atoms with Crippen LogP contribution in [0.5, 0.6) is 5.75 Å². The minimum absolute atomic E-state index is 0.0930. The Morgan fingerprint density at radius 3 is 2.53 bits per heavy atom. The number of rotatable bonds is 5. The van der Waals surface area contributed by atoms with Gasteiger partial charge in [-0.15, -0.1) is 0 Å². The maximum absolute atomic E-state index is 13.6. The number of nitrogens with zero attached hydrogens (tertiary/aromatic N) is 3. The lowest BCUT2D eigenvalue weighted by atomic mass is 10.1. The van der Waals surface area contributed by atoms with Crippen LogP contribution in [-0.2, 0) is 0 Å². The lowest BCUT2D eigenvalue weighted by molar-refractivity contribution is 0.0963. The first-order valence-corrected chi connectivity index (χ1v) is 10.8. The molecule has 0 amide bonds. The minimum Gasteiger partial charge on any atom is -0.497 e. The van der Waals surface area contributed by atoms with Crippen molar-refractivity contribution in [3.8, 4) is 17.2 Å². The molecule has 5 aromatic rings. The van der Waals surface area contributed by atoms with Crippen LogP contribution in [-0.4, -0.2) is 33.3 Å². The molecule has 0 aliphatic heterocycles. The number of pyridine rings is 1. The van der Waals surface area contributed by atoms with Gasteiger partial charge in [-0.1, -0.05) is 17.7 Å². The fourth-order valence-corrected chi connectivity index (χ4v) is 4.03. The summed E-state index contributed by atoms with van der Waals surface area (Å²) >= 11 is 5.98. The fourth-order valence-electron chi connectivity index (χ4n) is 3.91. The van der Waals surface area contributed by atoms with Gasteiger partial charge in [0, 0.05) is 27.9 Å². The van der Waals surface area contributed by atoms with Crippen molar-refractivity contribution in [2.45, 2.75) is 6.92 Å². The summed E-state index contributed by atoms with van der Waals surface area (Å²) in [6.07, 6.45) is 3.09. The Morgan fingerprint density at radius 2 is 1.82 bits per heavy atom. The van der Waals surface area contributed by atoms with E-state index in [2.05, 4.69) is 9.97 Å². The van der Waals surface area contributed by atoms with E-state index in [-0.39, 0.29) is 11.8 Å². The van der Waals surface area contributed by atoms with E-state index < -0.39 is 5.78 Å². The molecule has 0 saturated carbocycles. The number of hydrogen-bond donors (Lipinski definition) is 0. The van der Waals surface area contributed by atoms with Crippen molar-refractivity contribution in [1.29, 1.82) is 0 Å². The summed E-state index contributed by atoms with van der Waals surface area (Å²) in [6, 6.07) is 17.2. The molecule has 3 heterocycles. The molecular formula is C26H18ClN3O4. The smallest absolute Gasteiger partial charge is 0.268 e. The standard InChI is InChI=1S/C26H18ClN3O4/c1-15-23(24(31)25-29-14-22(34-25)20-5-3-4-12-28-20)19-13-18(33-2)10-11-21(19)30(15)26(32)16-6-8-17(27)9-7-16/h3-14H,1-2H3. The van der Waals surface area contributed by atoms with Crippen LogP contribution >= 0.6 is 11.6 Å². The number of aromatic nitrogens is 3.